The number of aliphatic carboxylic acids is 1. The van der Waals surface area contributed by atoms with Crippen LogP contribution in [-0.4, -0.2) is 17.7 Å². The van der Waals surface area contributed by atoms with Gasteiger partial charge in [0.25, 0.3) is 0 Å². The highest BCUT2D eigenvalue weighted by Gasteiger charge is 2.17. The molecule has 1 aromatic rings. The zero-order valence-electron chi connectivity index (χ0n) is 8.12. The summed E-state index contributed by atoms with van der Waals surface area (Å²) >= 11 is 5.94. The maximum Gasteiger partial charge on any atom is 0.303 e. The Morgan fingerprint density at radius 1 is 1.53 bits per heavy atom. The van der Waals surface area contributed by atoms with Crippen LogP contribution in [0.5, 0.6) is 5.75 Å². The fraction of sp³-hybridized carbons (Fsp3) is 0.364. The largest absolute Gasteiger partial charge is 0.493 e. The number of rotatable bonds is 3. The first-order valence-corrected chi connectivity index (χ1v) is 5.20. The smallest absolute Gasteiger partial charge is 0.303 e. The van der Waals surface area contributed by atoms with Gasteiger partial charge in [0, 0.05) is 17.9 Å². The van der Waals surface area contributed by atoms with Crippen LogP contribution in [0, 0.1) is 0 Å². The lowest BCUT2D eigenvalue weighted by atomic mass is 10.0. The predicted octanol–water partition coefficient (Wildman–Crippen LogP) is 2.29. The summed E-state index contributed by atoms with van der Waals surface area (Å²) in [5, 5.41) is 9.27. The molecule has 1 aliphatic rings. The Kier molecular flexibility index (Phi) is 2.82. The highest BCUT2D eigenvalue weighted by atomic mass is 35.5. The Morgan fingerprint density at radius 3 is 3.07 bits per heavy atom. The lowest BCUT2D eigenvalue weighted by molar-refractivity contribution is -0.136. The number of carbonyl (C=O) groups is 1. The molecule has 4 heteroatoms. The van der Waals surface area contributed by atoms with Crippen molar-refractivity contribution in [2.45, 2.75) is 19.3 Å². The molecule has 0 spiro atoms. The number of fused-ring (bicyclic) bond motifs is 1. The summed E-state index contributed by atoms with van der Waals surface area (Å²) in [6, 6.07) is 3.67. The van der Waals surface area contributed by atoms with E-state index in [9.17, 15) is 4.79 Å². The van der Waals surface area contributed by atoms with Crippen LogP contribution in [0.3, 0.4) is 0 Å². The van der Waals surface area contributed by atoms with Crippen LogP contribution in [0.25, 0.3) is 0 Å². The first kappa shape index (κ1) is 10.3. The lowest BCUT2D eigenvalue weighted by Crippen LogP contribution is -1.99. The van der Waals surface area contributed by atoms with E-state index < -0.39 is 5.97 Å². The highest BCUT2D eigenvalue weighted by Crippen LogP contribution is 2.33. The van der Waals surface area contributed by atoms with Crippen LogP contribution in [0.1, 0.15) is 17.5 Å². The molecule has 0 aromatic heterocycles. The summed E-state index contributed by atoms with van der Waals surface area (Å²) in [6.07, 6.45) is 1.43. The van der Waals surface area contributed by atoms with Crippen molar-refractivity contribution in [1.29, 1.82) is 0 Å². The topological polar surface area (TPSA) is 46.5 Å². The van der Waals surface area contributed by atoms with E-state index in [4.69, 9.17) is 21.4 Å². The number of carboxylic acids is 1. The van der Waals surface area contributed by atoms with Gasteiger partial charge in [0.15, 0.2) is 0 Å². The quantitative estimate of drug-likeness (QED) is 0.860. The molecule has 0 aliphatic carbocycles. The fourth-order valence-corrected chi connectivity index (χ4v) is 2.04. The molecule has 1 aliphatic heterocycles. The predicted molar refractivity (Wildman–Crippen MR) is 56.6 cm³/mol. The summed E-state index contributed by atoms with van der Waals surface area (Å²) < 4.78 is 5.47. The van der Waals surface area contributed by atoms with Crippen molar-refractivity contribution in [2.75, 3.05) is 6.61 Å². The molecule has 2 rings (SSSR count). The average Bonchev–Trinajstić information content (AvgIpc) is 2.61. The van der Waals surface area contributed by atoms with E-state index in [1.165, 1.54) is 0 Å². The van der Waals surface area contributed by atoms with Gasteiger partial charge in [-0.15, -0.1) is 0 Å². The lowest BCUT2D eigenvalue weighted by Gasteiger charge is -2.07. The van der Waals surface area contributed by atoms with Crippen LogP contribution in [0.15, 0.2) is 12.1 Å². The molecule has 80 valence electrons. The van der Waals surface area contributed by atoms with Gasteiger partial charge in [-0.25, -0.2) is 0 Å². The Hall–Kier alpha value is -1.22. The second-order valence-electron chi connectivity index (χ2n) is 3.55. The summed E-state index contributed by atoms with van der Waals surface area (Å²) in [7, 11) is 0. The van der Waals surface area contributed by atoms with E-state index in [0.717, 1.165) is 23.3 Å². The molecular weight excluding hydrogens is 216 g/mol. The Morgan fingerprint density at radius 2 is 2.33 bits per heavy atom. The van der Waals surface area contributed by atoms with Gasteiger partial charge in [0.05, 0.1) is 6.61 Å². The SMILES string of the molecule is O=C(O)CCc1cc(Cl)cc2c1OCC2. The van der Waals surface area contributed by atoms with E-state index in [-0.39, 0.29) is 6.42 Å². The van der Waals surface area contributed by atoms with E-state index in [0.29, 0.717) is 18.1 Å². The number of benzene rings is 1. The number of halogens is 1. The van der Waals surface area contributed by atoms with Gasteiger partial charge in [-0.05, 0) is 29.7 Å². The van der Waals surface area contributed by atoms with E-state index in [1.807, 2.05) is 6.07 Å². The van der Waals surface area contributed by atoms with Gasteiger partial charge in [-0.2, -0.15) is 0 Å². The van der Waals surface area contributed by atoms with Crippen molar-refractivity contribution in [3.63, 3.8) is 0 Å². The minimum absolute atomic E-state index is 0.107. The Bertz CT molecular complexity index is 401. The van der Waals surface area contributed by atoms with Gasteiger partial charge < -0.3 is 9.84 Å². The van der Waals surface area contributed by atoms with Crippen LogP contribution in [-0.2, 0) is 17.6 Å². The van der Waals surface area contributed by atoms with Crippen LogP contribution < -0.4 is 4.74 Å². The Labute approximate surface area is 92.6 Å². The van der Waals surface area contributed by atoms with Crippen LogP contribution >= 0.6 is 11.6 Å². The van der Waals surface area contributed by atoms with E-state index in [2.05, 4.69) is 0 Å². The molecule has 1 N–H and O–H groups in total. The molecule has 0 amide bonds. The number of ether oxygens (including phenoxy) is 1. The van der Waals surface area contributed by atoms with Gasteiger partial charge in [0.1, 0.15) is 5.75 Å². The maximum atomic E-state index is 10.5. The summed E-state index contributed by atoms with van der Waals surface area (Å²) in [6.45, 7) is 0.662. The number of aryl methyl sites for hydroxylation is 1. The summed E-state index contributed by atoms with van der Waals surface area (Å²) in [5.41, 5.74) is 1.99. The molecule has 0 saturated carbocycles. The fourth-order valence-electron chi connectivity index (χ4n) is 1.77. The maximum absolute atomic E-state index is 10.5. The number of hydrogen-bond acceptors (Lipinski definition) is 2. The molecule has 3 nitrogen and oxygen atoms in total. The van der Waals surface area contributed by atoms with Crippen molar-refractivity contribution in [2.24, 2.45) is 0 Å². The molecule has 1 heterocycles. The standard InChI is InChI=1S/C11H11ClO3/c12-9-5-7(1-2-10(13)14)11-8(6-9)3-4-15-11/h5-6H,1-4H2,(H,13,14). The third-order valence-electron chi connectivity index (χ3n) is 2.43. The number of hydrogen-bond donors (Lipinski definition) is 1. The molecule has 0 unspecified atom stereocenters. The van der Waals surface area contributed by atoms with Gasteiger partial charge >= 0.3 is 5.97 Å². The highest BCUT2D eigenvalue weighted by molar-refractivity contribution is 6.30. The van der Waals surface area contributed by atoms with Crippen molar-refractivity contribution < 1.29 is 14.6 Å². The molecule has 15 heavy (non-hydrogen) atoms. The van der Waals surface area contributed by atoms with Crippen molar-refractivity contribution in [3.05, 3.63) is 28.3 Å². The number of carboxylic acid groups (broad SMARTS) is 1. The third-order valence-corrected chi connectivity index (χ3v) is 2.65. The molecule has 1 aromatic carbocycles. The van der Waals surface area contributed by atoms with Crippen molar-refractivity contribution in [3.8, 4) is 5.75 Å². The zero-order chi connectivity index (χ0) is 10.8. The molecule has 0 saturated heterocycles. The van der Waals surface area contributed by atoms with Crippen LogP contribution in [0.2, 0.25) is 5.02 Å². The first-order chi connectivity index (χ1) is 7.16. The molecule has 0 radical (unpaired) electrons. The normalized spacial score (nSPS) is 13.4. The van der Waals surface area contributed by atoms with Gasteiger partial charge in [-0.3, -0.25) is 4.79 Å². The zero-order valence-corrected chi connectivity index (χ0v) is 8.88. The minimum Gasteiger partial charge on any atom is -0.493 e. The second kappa shape index (κ2) is 4.11. The van der Waals surface area contributed by atoms with Crippen molar-refractivity contribution >= 4 is 17.6 Å². The molecule has 0 bridgehead atoms. The monoisotopic (exact) mass is 226 g/mol. The van der Waals surface area contributed by atoms with Crippen molar-refractivity contribution in [1.82, 2.24) is 0 Å². The first-order valence-electron chi connectivity index (χ1n) is 4.82. The molecular formula is C11H11ClO3. The third kappa shape index (κ3) is 2.23. The average molecular weight is 227 g/mol. The summed E-state index contributed by atoms with van der Waals surface area (Å²) in [5.74, 6) is 0.0300. The van der Waals surface area contributed by atoms with Gasteiger partial charge in [-0.1, -0.05) is 11.6 Å². The second-order valence-corrected chi connectivity index (χ2v) is 3.98. The van der Waals surface area contributed by atoms with E-state index >= 15 is 0 Å². The molecule has 0 fully saturated rings. The summed E-state index contributed by atoms with van der Waals surface area (Å²) in [4.78, 5) is 10.5. The van der Waals surface area contributed by atoms with Crippen LogP contribution in [0.4, 0.5) is 0 Å². The molecule has 0 atom stereocenters. The minimum atomic E-state index is -0.804. The van der Waals surface area contributed by atoms with Gasteiger partial charge in [0.2, 0.25) is 0 Å². The Balaban J connectivity index is 2.26. The van der Waals surface area contributed by atoms with E-state index in [1.54, 1.807) is 6.07 Å².